The summed E-state index contributed by atoms with van der Waals surface area (Å²) in [5.41, 5.74) is 0. The normalized spacial score (nSPS) is 10.6. The number of hydrogen-bond donors (Lipinski definition) is 1. The van der Waals surface area contributed by atoms with Crippen LogP contribution in [0.25, 0.3) is 0 Å². The van der Waals surface area contributed by atoms with Crippen molar-refractivity contribution in [2.24, 2.45) is 0 Å². The Morgan fingerprint density at radius 1 is 1.17 bits per heavy atom. The second-order valence-corrected chi connectivity index (χ2v) is 5.49. The van der Waals surface area contributed by atoms with Crippen LogP contribution in [0.5, 0.6) is 5.75 Å². The van der Waals surface area contributed by atoms with E-state index in [0.717, 1.165) is 17.6 Å². The Morgan fingerprint density at radius 2 is 1.75 bits per heavy atom. The van der Waals surface area contributed by atoms with E-state index in [1.165, 1.54) is 0 Å². The van der Waals surface area contributed by atoms with Gasteiger partial charge in [-0.05, 0) is 18.4 Å². The summed E-state index contributed by atoms with van der Waals surface area (Å²) in [5.74, 6) is 0.465. The fourth-order valence-corrected chi connectivity index (χ4v) is 3.12. The predicted octanol–water partition coefficient (Wildman–Crippen LogP) is 2.54. The van der Waals surface area contributed by atoms with Gasteiger partial charge in [-0.1, -0.05) is 40.0 Å². The minimum atomic E-state index is -0.122. The van der Waals surface area contributed by atoms with Crippen LogP contribution in [-0.2, 0) is 0 Å². The number of rotatable bonds is 3. The average Bonchev–Trinajstić information content (AvgIpc) is 2.10. The van der Waals surface area contributed by atoms with Gasteiger partial charge >= 0.3 is 0 Å². The van der Waals surface area contributed by atoms with Gasteiger partial charge in [-0.3, -0.25) is 0 Å². The summed E-state index contributed by atoms with van der Waals surface area (Å²) < 4.78 is 0. The highest BCUT2D eigenvalue weighted by molar-refractivity contribution is 7.65. The van der Waals surface area contributed by atoms with Crippen molar-refractivity contribution in [2.75, 3.05) is 12.3 Å². The van der Waals surface area contributed by atoms with E-state index < -0.39 is 0 Å². The Morgan fingerprint density at radius 3 is 2.25 bits per heavy atom. The van der Waals surface area contributed by atoms with Crippen molar-refractivity contribution in [3.05, 3.63) is 24.3 Å². The van der Waals surface area contributed by atoms with Crippen LogP contribution in [0.2, 0.25) is 0 Å². The topological polar surface area (TPSA) is 20.2 Å². The summed E-state index contributed by atoms with van der Waals surface area (Å²) in [5, 5.41) is 10.7. The first-order valence-electron chi connectivity index (χ1n) is 4.32. The molecular weight excluding hydrogens is 167 g/mol. The molecule has 0 radical (unpaired) electrons. The Kier molecular flexibility index (Phi) is 3.55. The molecule has 0 aliphatic carbocycles. The number of benzene rings is 1. The lowest BCUT2D eigenvalue weighted by Crippen LogP contribution is -2.03. The van der Waals surface area contributed by atoms with Crippen LogP contribution >= 0.6 is 7.92 Å². The van der Waals surface area contributed by atoms with Crippen molar-refractivity contribution in [2.45, 2.75) is 13.8 Å². The molecule has 2 heteroatoms. The van der Waals surface area contributed by atoms with Gasteiger partial charge in [-0.15, -0.1) is 0 Å². The molecule has 0 fully saturated rings. The smallest absolute Gasteiger partial charge is 0.123 e. The molecule has 1 N–H and O–H groups in total. The van der Waals surface area contributed by atoms with Gasteiger partial charge in [0.1, 0.15) is 5.75 Å². The third-order valence-corrected chi connectivity index (χ3v) is 4.57. The Hall–Kier alpha value is -0.550. The molecule has 0 aliphatic heterocycles. The molecule has 66 valence electrons. The van der Waals surface area contributed by atoms with Gasteiger partial charge in [0.15, 0.2) is 0 Å². The molecule has 1 aromatic rings. The SMILES string of the molecule is CCP(CC)c1ccccc1O. The van der Waals surface area contributed by atoms with Crippen LogP contribution in [0.1, 0.15) is 13.8 Å². The lowest BCUT2D eigenvalue weighted by molar-refractivity contribution is 0.479. The van der Waals surface area contributed by atoms with Gasteiger partial charge in [0.2, 0.25) is 0 Å². The highest BCUT2D eigenvalue weighted by atomic mass is 31.1. The number of para-hydroxylation sites is 1. The lowest BCUT2D eigenvalue weighted by Gasteiger charge is -2.14. The molecular formula is C10H15OP. The molecule has 0 atom stereocenters. The molecule has 1 rings (SSSR count). The van der Waals surface area contributed by atoms with Crippen molar-refractivity contribution >= 4 is 13.2 Å². The highest BCUT2D eigenvalue weighted by Crippen LogP contribution is 2.36. The molecule has 0 aromatic heterocycles. The number of hydrogen-bond acceptors (Lipinski definition) is 1. The largest absolute Gasteiger partial charge is 0.507 e. The van der Waals surface area contributed by atoms with E-state index in [2.05, 4.69) is 13.8 Å². The molecule has 0 spiro atoms. The van der Waals surface area contributed by atoms with Crippen molar-refractivity contribution in [3.8, 4) is 5.75 Å². The quantitative estimate of drug-likeness (QED) is 0.712. The van der Waals surface area contributed by atoms with E-state index in [0.29, 0.717) is 5.75 Å². The molecule has 0 heterocycles. The van der Waals surface area contributed by atoms with E-state index in [9.17, 15) is 5.11 Å². The Labute approximate surface area is 75.2 Å². The van der Waals surface area contributed by atoms with Crippen LogP contribution < -0.4 is 5.30 Å². The summed E-state index contributed by atoms with van der Waals surface area (Å²) >= 11 is 0. The fourth-order valence-electron chi connectivity index (χ4n) is 1.30. The van der Waals surface area contributed by atoms with E-state index in [1.807, 2.05) is 18.2 Å². The maximum atomic E-state index is 9.56. The lowest BCUT2D eigenvalue weighted by atomic mass is 10.3. The second-order valence-electron chi connectivity index (χ2n) is 2.66. The van der Waals surface area contributed by atoms with Crippen molar-refractivity contribution in [1.29, 1.82) is 0 Å². The van der Waals surface area contributed by atoms with Crippen LogP contribution in [0.4, 0.5) is 0 Å². The predicted molar refractivity (Wildman–Crippen MR) is 55.7 cm³/mol. The monoisotopic (exact) mass is 182 g/mol. The van der Waals surface area contributed by atoms with Crippen molar-refractivity contribution in [1.82, 2.24) is 0 Å². The standard InChI is InChI=1S/C10H15OP/c1-3-12(4-2)10-8-6-5-7-9(10)11/h5-8,11H,3-4H2,1-2H3. The third kappa shape index (κ3) is 1.98. The van der Waals surface area contributed by atoms with Gasteiger partial charge in [0, 0.05) is 5.30 Å². The summed E-state index contributed by atoms with van der Waals surface area (Å²) in [6.45, 7) is 4.36. The molecule has 0 amide bonds. The highest BCUT2D eigenvalue weighted by Gasteiger charge is 2.08. The van der Waals surface area contributed by atoms with E-state index in [4.69, 9.17) is 0 Å². The first kappa shape index (κ1) is 9.54. The van der Waals surface area contributed by atoms with E-state index in [1.54, 1.807) is 6.07 Å². The molecule has 0 saturated heterocycles. The molecule has 0 aliphatic rings. The third-order valence-electron chi connectivity index (χ3n) is 1.99. The van der Waals surface area contributed by atoms with Crippen LogP contribution in [0.3, 0.4) is 0 Å². The zero-order chi connectivity index (χ0) is 8.97. The van der Waals surface area contributed by atoms with Crippen molar-refractivity contribution in [3.63, 3.8) is 0 Å². The summed E-state index contributed by atoms with van der Waals surface area (Å²) in [4.78, 5) is 0. The average molecular weight is 182 g/mol. The molecule has 1 aromatic carbocycles. The fraction of sp³-hybridized carbons (Fsp3) is 0.400. The number of phenolic OH excluding ortho intramolecular Hbond substituents is 1. The minimum Gasteiger partial charge on any atom is -0.507 e. The zero-order valence-electron chi connectivity index (χ0n) is 7.62. The van der Waals surface area contributed by atoms with Gasteiger partial charge in [0.05, 0.1) is 0 Å². The van der Waals surface area contributed by atoms with Crippen LogP contribution in [-0.4, -0.2) is 17.4 Å². The maximum absolute atomic E-state index is 9.56. The van der Waals surface area contributed by atoms with Gasteiger partial charge in [0.25, 0.3) is 0 Å². The minimum absolute atomic E-state index is 0.122. The summed E-state index contributed by atoms with van der Waals surface area (Å²) in [6, 6.07) is 7.68. The maximum Gasteiger partial charge on any atom is 0.123 e. The zero-order valence-corrected chi connectivity index (χ0v) is 8.51. The molecule has 0 unspecified atom stereocenters. The Bertz CT molecular complexity index is 243. The van der Waals surface area contributed by atoms with Gasteiger partial charge < -0.3 is 5.11 Å². The van der Waals surface area contributed by atoms with Gasteiger partial charge in [-0.2, -0.15) is 0 Å². The van der Waals surface area contributed by atoms with E-state index >= 15 is 0 Å². The number of phenols is 1. The molecule has 0 saturated carbocycles. The molecule has 1 nitrogen and oxygen atoms in total. The van der Waals surface area contributed by atoms with Crippen LogP contribution in [0, 0.1) is 0 Å². The number of aromatic hydroxyl groups is 1. The Balaban J connectivity index is 2.92. The van der Waals surface area contributed by atoms with E-state index in [-0.39, 0.29) is 7.92 Å². The van der Waals surface area contributed by atoms with Crippen molar-refractivity contribution < 1.29 is 5.11 Å². The first-order chi connectivity index (χ1) is 5.79. The van der Waals surface area contributed by atoms with Crippen LogP contribution in [0.15, 0.2) is 24.3 Å². The first-order valence-corrected chi connectivity index (χ1v) is 6.03. The summed E-state index contributed by atoms with van der Waals surface area (Å²) in [7, 11) is -0.122. The molecule has 0 bridgehead atoms. The second kappa shape index (κ2) is 4.47. The molecule has 12 heavy (non-hydrogen) atoms. The van der Waals surface area contributed by atoms with Gasteiger partial charge in [-0.25, -0.2) is 0 Å². The summed E-state index contributed by atoms with van der Waals surface area (Å²) in [6.07, 6.45) is 2.31.